The van der Waals surface area contributed by atoms with Crippen molar-refractivity contribution in [3.8, 4) is 0 Å². The van der Waals surface area contributed by atoms with Crippen molar-refractivity contribution >= 4 is 39.8 Å². The van der Waals surface area contributed by atoms with E-state index in [4.69, 9.17) is 14.2 Å². The van der Waals surface area contributed by atoms with Crippen molar-refractivity contribution in [2.45, 2.75) is 135 Å². The SMILES string of the molecule is CC[C@H]1C[C@@]1(CC(=O)C1C[C@@H]2CN1C(=O)[C@H](C(C)(C)C)NC(=O)OCCCCCCOCc1cccc3c1CN(C3)C(=O)O2)C(=O)NS(=O)(=O)C1CC1. The number of ether oxygens (including phenoxy) is 3. The second-order valence-corrected chi connectivity index (χ2v) is 18.4. The third kappa shape index (κ3) is 8.82. The summed E-state index contributed by atoms with van der Waals surface area (Å²) in [6, 6.07) is 3.75. The number of Topliss-reactive ketones (excluding diaryl/α,β-unsaturated/α-hetero) is 1. The van der Waals surface area contributed by atoms with Crippen LogP contribution in [0.15, 0.2) is 18.2 Å². The maximum absolute atomic E-state index is 14.5. The third-order valence-electron chi connectivity index (χ3n) is 11.4. The van der Waals surface area contributed by atoms with E-state index < -0.39 is 74.1 Å². The number of fused-ring (bicyclic) bond motifs is 3. The Hall–Kier alpha value is -3.72. The van der Waals surface area contributed by atoms with Crippen LogP contribution in [0.25, 0.3) is 0 Å². The van der Waals surface area contributed by atoms with Crippen molar-refractivity contribution in [2.24, 2.45) is 16.7 Å². The van der Waals surface area contributed by atoms with Gasteiger partial charge in [-0.25, -0.2) is 18.0 Å². The Morgan fingerprint density at radius 2 is 1.74 bits per heavy atom. The Morgan fingerprint density at radius 1 is 1.02 bits per heavy atom. The summed E-state index contributed by atoms with van der Waals surface area (Å²) in [6.07, 6.45) is 2.66. The van der Waals surface area contributed by atoms with Gasteiger partial charge in [-0.05, 0) is 66.5 Å². The molecule has 1 aromatic carbocycles. The highest BCUT2D eigenvalue weighted by Crippen LogP contribution is 2.58. The van der Waals surface area contributed by atoms with Crippen molar-refractivity contribution in [3.63, 3.8) is 0 Å². The first-order valence-corrected chi connectivity index (χ1v) is 20.6. The number of carbonyl (C=O) groups excluding carboxylic acids is 5. The standard InChI is InChI=1S/C38H54N4O10S/c1-5-26-18-38(26,34(45)40-53(48,49)28-13-14-28)19-31(43)30-17-27-21-42(30)33(44)32(37(2,3)4)39-35(46)51-16-9-7-6-8-15-50-23-25-12-10-11-24-20-41(22-29(24)25)36(47)52-27/h10-12,26-28,30,32H,5-9,13-23H2,1-4H3,(H,39,46)(H,40,45)/t26-,27+,30?,32+,38-/m0/s1. The van der Waals surface area contributed by atoms with E-state index in [1.807, 2.05) is 25.1 Å². The van der Waals surface area contributed by atoms with Gasteiger partial charge in [-0.1, -0.05) is 58.7 Å². The van der Waals surface area contributed by atoms with Crippen molar-refractivity contribution in [1.29, 1.82) is 0 Å². The molecule has 15 heteroatoms. The first-order valence-electron chi connectivity index (χ1n) is 19.1. The van der Waals surface area contributed by atoms with Crippen LogP contribution in [-0.4, -0.2) is 91.2 Å². The number of sulfonamides is 1. The zero-order valence-corrected chi connectivity index (χ0v) is 32.1. The lowest BCUT2D eigenvalue weighted by Gasteiger charge is -2.35. The molecule has 4 bridgehead atoms. The number of ketones is 1. The summed E-state index contributed by atoms with van der Waals surface area (Å²) in [5.74, 6) is -1.85. The van der Waals surface area contributed by atoms with Crippen LogP contribution in [0.5, 0.6) is 0 Å². The molecule has 2 aliphatic carbocycles. The summed E-state index contributed by atoms with van der Waals surface area (Å²) in [5.41, 5.74) is 1.01. The lowest BCUT2D eigenvalue weighted by Crippen LogP contribution is -2.57. The molecule has 14 nitrogen and oxygen atoms in total. The smallest absolute Gasteiger partial charge is 0.410 e. The van der Waals surface area contributed by atoms with Gasteiger partial charge < -0.3 is 24.4 Å². The van der Waals surface area contributed by atoms with E-state index in [0.717, 1.165) is 36.0 Å². The second kappa shape index (κ2) is 15.6. The van der Waals surface area contributed by atoms with Crippen LogP contribution in [-0.2, 0) is 58.3 Å². The molecule has 1 unspecified atom stereocenters. The number of benzene rings is 1. The number of hydrogen-bond acceptors (Lipinski definition) is 10. The molecule has 4 amide bonds. The fourth-order valence-electron chi connectivity index (χ4n) is 8.00. The number of carbonyl (C=O) groups is 5. The van der Waals surface area contributed by atoms with Crippen LogP contribution in [0.3, 0.4) is 0 Å². The molecule has 53 heavy (non-hydrogen) atoms. The number of amides is 4. The molecule has 6 rings (SSSR count). The molecule has 0 aromatic heterocycles. The largest absolute Gasteiger partial charge is 0.450 e. The fraction of sp³-hybridized carbons (Fsp3) is 0.711. The van der Waals surface area contributed by atoms with Crippen molar-refractivity contribution in [2.75, 3.05) is 19.8 Å². The fourth-order valence-corrected chi connectivity index (χ4v) is 9.38. The lowest BCUT2D eigenvalue weighted by molar-refractivity contribution is -0.142. The van der Waals surface area contributed by atoms with Gasteiger partial charge in [-0.3, -0.25) is 24.0 Å². The summed E-state index contributed by atoms with van der Waals surface area (Å²) < 4.78 is 45.1. The van der Waals surface area contributed by atoms with Crippen LogP contribution < -0.4 is 10.0 Å². The predicted molar refractivity (Wildman–Crippen MR) is 192 cm³/mol. The molecule has 0 radical (unpaired) electrons. The third-order valence-corrected chi connectivity index (χ3v) is 13.3. The summed E-state index contributed by atoms with van der Waals surface area (Å²) in [4.78, 5) is 71.9. The molecule has 3 fully saturated rings. The number of nitrogens with one attached hydrogen (secondary N) is 2. The number of alkyl carbamates (subject to hydrolysis) is 1. The molecule has 2 saturated carbocycles. The summed E-state index contributed by atoms with van der Waals surface area (Å²) in [6.45, 7) is 9.01. The van der Waals surface area contributed by atoms with E-state index in [-0.39, 0.29) is 31.9 Å². The first kappa shape index (κ1) is 39.0. The summed E-state index contributed by atoms with van der Waals surface area (Å²) in [7, 11) is -3.84. The van der Waals surface area contributed by atoms with Crippen molar-refractivity contribution in [1.82, 2.24) is 19.8 Å². The van der Waals surface area contributed by atoms with E-state index in [1.165, 1.54) is 4.90 Å². The Balaban J connectivity index is 1.25. The number of hydrogen-bond donors (Lipinski definition) is 2. The average Bonchev–Trinajstić information content (AvgIpc) is 3.99. The average molecular weight is 759 g/mol. The summed E-state index contributed by atoms with van der Waals surface area (Å²) >= 11 is 0. The van der Waals surface area contributed by atoms with Gasteiger partial charge in [0.05, 0.1) is 43.0 Å². The summed E-state index contributed by atoms with van der Waals surface area (Å²) in [5, 5.41) is 2.13. The molecule has 3 aliphatic heterocycles. The van der Waals surface area contributed by atoms with Crippen LogP contribution in [0.4, 0.5) is 9.59 Å². The van der Waals surface area contributed by atoms with E-state index in [9.17, 15) is 32.4 Å². The molecule has 5 aliphatic rings. The minimum atomic E-state index is -3.84. The molecule has 0 spiro atoms. The Kier molecular flexibility index (Phi) is 11.4. The van der Waals surface area contributed by atoms with Crippen LogP contribution in [0.2, 0.25) is 0 Å². The van der Waals surface area contributed by atoms with Gasteiger partial charge in [0.25, 0.3) is 0 Å². The minimum Gasteiger partial charge on any atom is -0.450 e. The zero-order valence-electron chi connectivity index (χ0n) is 31.3. The highest BCUT2D eigenvalue weighted by molar-refractivity contribution is 7.90. The van der Waals surface area contributed by atoms with Crippen molar-refractivity contribution < 1.29 is 46.6 Å². The highest BCUT2D eigenvalue weighted by Gasteiger charge is 2.62. The molecule has 3 heterocycles. The zero-order chi connectivity index (χ0) is 38.1. The molecule has 2 N–H and O–H groups in total. The molecular formula is C38H54N4O10S. The van der Waals surface area contributed by atoms with Gasteiger partial charge in [-0.15, -0.1) is 0 Å². The monoisotopic (exact) mass is 758 g/mol. The topological polar surface area (TPSA) is 178 Å². The van der Waals surface area contributed by atoms with Gasteiger partial charge in [-0.2, -0.15) is 0 Å². The van der Waals surface area contributed by atoms with E-state index in [0.29, 0.717) is 58.4 Å². The second-order valence-electron chi connectivity index (χ2n) is 16.5. The number of nitrogens with zero attached hydrogens (tertiary/aromatic N) is 2. The number of cyclic esters (lactones) is 1. The highest BCUT2D eigenvalue weighted by atomic mass is 32.2. The molecule has 292 valence electrons. The van der Waals surface area contributed by atoms with E-state index >= 15 is 0 Å². The van der Waals surface area contributed by atoms with Crippen LogP contribution >= 0.6 is 0 Å². The minimum absolute atomic E-state index is 0.00757. The van der Waals surface area contributed by atoms with Gasteiger partial charge in [0.1, 0.15) is 12.1 Å². The maximum Gasteiger partial charge on any atom is 0.410 e. The van der Waals surface area contributed by atoms with Gasteiger partial charge in [0, 0.05) is 26.0 Å². The van der Waals surface area contributed by atoms with Crippen LogP contribution in [0, 0.1) is 16.7 Å². The van der Waals surface area contributed by atoms with E-state index in [2.05, 4.69) is 10.0 Å². The molecule has 1 saturated heterocycles. The Bertz CT molecular complexity index is 1710. The van der Waals surface area contributed by atoms with Crippen LogP contribution in [0.1, 0.15) is 109 Å². The van der Waals surface area contributed by atoms with Gasteiger partial charge in [0.2, 0.25) is 21.8 Å². The van der Waals surface area contributed by atoms with E-state index in [1.54, 1.807) is 25.7 Å². The van der Waals surface area contributed by atoms with Gasteiger partial charge in [0.15, 0.2) is 5.78 Å². The van der Waals surface area contributed by atoms with Crippen molar-refractivity contribution in [3.05, 3.63) is 34.9 Å². The Labute approximate surface area is 312 Å². The molecular weight excluding hydrogens is 705 g/mol. The lowest BCUT2D eigenvalue weighted by atomic mass is 9.85. The maximum atomic E-state index is 14.5. The normalized spacial score (nSPS) is 28.9. The molecule has 5 atom stereocenters. The molecule has 1 aromatic rings. The quantitative estimate of drug-likeness (QED) is 0.407. The Morgan fingerprint density at radius 3 is 2.42 bits per heavy atom. The number of rotatable bonds is 7. The predicted octanol–water partition coefficient (Wildman–Crippen LogP) is 4.32. The van der Waals surface area contributed by atoms with Gasteiger partial charge >= 0.3 is 12.2 Å². The first-order chi connectivity index (χ1) is 25.1.